The van der Waals surface area contributed by atoms with Gasteiger partial charge in [-0.2, -0.15) is 0 Å². The first-order chi connectivity index (χ1) is 16.1. The summed E-state index contributed by atoms with van der Waals surface area (Å²) < 4.78 is 7.13. The number of nitrogens with one attached hydrogen (secondary N) is 2. The number of hydrogen-bond donors (Lipinski definition) is 2. The largest absolute Gasteiger partial charge is 0.467 e. The van der Waals surface area contributed by atoms with E-state index in [-0.39, 0.29) is 18.4 Å². The number of anilines is 1. The van der Waals surface area contributed by atoms with Crippen LogP contribution in [0.25, 0.3) is 17.0 Å². The van der Waals surface area contributed by atoms with Crippen molar-refractivity contribution >= 4 is 51.8 Å². The van der Waals surface area contributed by atoms with Crippen molar-refractivity contribution in [3.05, 3.63) is 96.2 Å². The molecule has 0 aliphatic carbocycles. The number of fused-ring (bicyclic) bond motifs is 1. The first-order valence-electron chi connectivity index (χ1n) is 10.4. The molecule has 0 unspecified atom stereocenters. The van der Waals surface area contributed by atoms with Crippen LogP contribution >= 0.6 is 12.2 Å². The number of amides is 2. The lowest BCUT2D eigenvalue weighted by Gasteiger charge is -2.13. The van der Waals surface area contributed by atoms with Crippen LogP contribution in [0.5, 0.6) is 0 Å². The summed E-state index contributed by atoms with van der Waals surface area (Å²) in [7, 11) is 0. The predicted molar refractivity (Wildman–Crippen MR) is 130 cm³/mol. The van der Waals surface area contributed by atoms with Crippen LogP contribution in [0.3, 0.4) is 0 Å². The van der Waals surface area contributed by atoms with Crippen molar-refractivity contribution in [2.24, 2.45) is 0 Å². The minimum atomic E-state index is -0.223. The topological polar surface area (TPSA) is 79.5 Å². The van der Waals surface area contributed by atoms with E-state index >= 15 is 0 Å². The number of rotatable bonds is 6. The summed E-state index contributed by atoms with van der Waals surface area (Å²) in [6, 6.07) is 20.6. The number of thiocarbonyl (C=S) groups is 1. The normalized spacial score (nSPS) is 14.8. The molecule has 5 rings (SSSR count). The molecule has 1 aliphatic heterocycles. The Hall–Kier alpha value is -4.17. The number of aromatic nitrogens is 1. The Morgan fingerprint density at radius 2 is 1.85 bits per heavy atom. The summed E-state index contributed by atoms with van der Waals surface area (Å²) in [5.74, 6) is 0.327. The average Bonchev–Trinajstić information content (AvgIpc) is 3.53. The first-order valence-corrected chi connectivity index (χ1v) is 10.8. The van der Waals surface area contributed by atoms with Gasteiger partial charge < -0.3 is 19.6 Å². The van der Waals surface area contributed by atoms with Crippen LogP contribution in [0.2, 0.25) is 0 Å². The van der Waals surface area contributed by atoms with Gasteiger partial charge in [-0.25, -0.2) is 0 Å². The number of nitrogens with zero attached hydrogens (tertiary/aromatic N) is 2. The molecule has 0 atom stereocenters. The molecule has 0 bridgehead atoms. The van der Waals surface area contributed by atoms with Gasteiger partial charge in [-0.1, -0.05) is 36.4 Å². The molecule has 4 aromatic rings. The maximum absolute atomic E-state index is 13.1. The Labute approximate surface area is 195 Å². The van der Waals surface area contributed by atoms with Crippen molar-refractivity contribution in [2.75, 3.05) is 4.90 Å². The average molecular weight is 457 g/mol. The van der Waals surface area contributed by atoms with Crippen LogP contribution in [0.1, 0.15) is 11.3 Å². The third kappa shape index (κ3) is 4.16. The molecule has 1 aliphatic rings. The molecule has 2 aromatic carbocycles. The smallest absolute Gasteiger partial charge is 0.281 e. The van der Waals surface area contributed by atoms with Gasteiger partial charge in [0.25, 0.3) is 5.91 Å². The van der Waals surface area contributed by atoms with Gasteiger partial charge in [0, 0.05) is 22.7 Å². The molecule has 8 heteroatoms. The highest BCUT2D eigenvalue weighted by atomic mass is 32.1. The molecule has 3 heterocycles. The monoisotopic (exact) mass is 456 g/mol. The van der Waals surface area contributed by atoms with E-state index in [0.717, 1.165) is 16.5 Å². The van der Waals surface area contributed by atoms with E-state index in [1.807, 2.05) is 71.4 Å². The molecule has 2 N–H and O–H groups in total. The fraction of sp³-hybridized carbons (Fsp3) is 0.0800. The second-order valence-corrected chi connectivity index (χ2v) is 7.94. The molecular formula is C25H20N4O3S. The van der Waals surface area contributed by atoms with Crippen LogP contribution in [0.15, 0.2) is 89.3 Å². The van der Waals surface area contributed by atoms with Crippen molar-refractivity contribution in [3.63, 3.8) is 0 Å². The Morgan fingerprint density at radius 1 is 1.06 bits per heavy atom. The van der Waals surface area contributed by atoms with Crippen molar-refractivity contribution in [2.45, 2.75) is 13.1 Å². The van der Waals surface area contributed by atoms with E-state index in [2.05, 4.69) is 10.6 Å². The van der Waals surface area contributed by atoms with Gasteiger partial charge in [-0.05, 0) is 48.6 Å². The highest BCUT2D eigenvalue weighted by molar-refractivity contribution is 7.80. The summed E-state index contributed by atoms with van der Waals surface area (Å²) in [4.78, 5) is 27.1. The zero-order valence-electron chi connectivity index (χ0n) is 17.5. The summed E-state index contributed by atoms with van der Waals surface area (Å²) in [5, 5.41) is 7.14. The molecular weight excluding hydrogens is 436 g/mol. The molecule has 7 nitrogen and oxygen atoms in total. The van der Waals surface area contributed by atoms with Gasteiger partial charge in [0.1, 0.15) is 18.0 Å². The number of hydrogen-bond acceptors (Lipinski definition) is 4. The van der Waals surface area contributed by atoms with Crippen molar-refractivity contribution in [1.29, 1.82) is 0 Å². The second kappa shape index (κ2) is 8.76. The summed E-state index contributed by atoms with van der Waals surface area (Å²) in [5.41, 5.74) is 2.80. The number of furan rings is 1. The maximum atomic E-state index is 13.1. The number of para-hydroxylation sites is 2. The lowest BCUT2D eigenvalue weighted by molar-refractivity contribution is -0.121. The zero-order chi connectivity index (χ0) is 22.8. The lowest BCUT2D eigenvalue weighted by Crippen LogP contribution is -2.30. The molecule has 0 radical (unpaired) electrons. The molecule has 0 spiro atoms. The van der Waals surface area contributed by atoms with Crippen molar-refractivity contribution in [1.82, 2.24) is 15.2 Å². The van der Waals surface area contributed by atoms with E-state index < -0.39 is 0 Å². The van der Waals surface area contributed by atoms with E-state index in [1.54, 1.807) is 18.4 Å². The SMILES string of the molecule is O=C(Cn1cc(C=C2NC(=S)N(c3ccccc3)C2=O)c2ccccc21)NCc1ccco1. The highest BCUT2D eigenvalue weighted by Gasteiger charge is 2.32. The predicted octanol–water partition coefficient (Wildman–Crippen LogP) is 3.81. The third-order valence-electron chi connectivity index (χ3n) is 5.37. The molecule has 1 saturated heterocycles. The summed E-state index contributed by atoms with van der Waals surface area (Å²) >= 11 is 5.40. The highest BCUT2D eigenvalue weighted by Crippen LogP contribution is 2.26. The number of carbonyl (C=O) groups excluding carboxylic acids is 2. The van der Waals surface area contributed by atoms with Gasteiger partial charge in [0.05, 0.1) is 18.5 Å². The number of carbonyl (C=O) groups is 2. The van der Waals surface area contributed by atoms with E-state index in [0.29, 0.717) is 28.8 Å². The van der Waals surface area contributed by atoms with Gasteiger partial charge >= 0.3 is 0 Å². The maximum Gasteiger partial charge on any atom is 0.281 e. The quantitative estimate of drug-likeness (QED) is 0.341. The molecule has 33 heavy (non-hydrogen) atoms. The Bertz CT molecular complexity index is 1370. The third-order valence-corrected chi connectivity index (χ3v) is 5.65. The Morgan fingerprint density at radius 3 is 2.64 bits per heavy atom. The lowest BCUT2D eigenvalue weighted by atomic mass is 10.1. The fourth-order valence-corrected chi connectivity index (χ4v) is 4.13. The van der Waals surface area contributed by atoms with Gasteiger partial charge in [-0.3, -0.25) is 14.5 Å². The summed E-state index contributed by atoms with van der Waals surface area (Å²) in [6.07, 6.45) is 5.22. The second-order valence-electron chi connectivity index (χ2n) is 7.55. The van der Waals surface area contributed by atoms with Crippen molar-refractivity contribution in [3.8, 4) is 0 Å². The standard InChI is InChI=1S/C25H20N4O3S/c30-23(26-14-19-9-6-12-32-19)16-28-15-17(20-10-4-5-11-22(20)28)13-21-24(31)29(25(33)27-21)18-7-2-1-3-8-18/h1-13,15H,14,16H2,(H,26,30)(H,27,33). The van der Waals surface area contributed by atoms with Crippen molar-refractivity contribution < 1.29 is 14.0 Å². The molecule has 2 amide bonds. The van der Waals surface area contributed by atoms with Crippen LogP contribution in [-0.2, 0) is 22.7 Å². The van der Waals surface area contributed by atoms with Crippen LogP contribution in [-0.4, -0.2) is 21.5 Å². The van der Waals surface area contributed by atoms with E-state index in [1.165, 1.54) is 4.90 Å². The van der Waals surface area contributed by atoms with Gasteiger partial charge in [0.15, 0.2) is 5.11 Å². The number of benzene rings is 2. The van der Waals surface area contributed by atoms with E-state index in [4.69, 9.17) is 16.6 Å². The van der Waals surface area contributed by atoms with Crippen LogP contribution < -0.4 is 15.5 Å². The molecule has 164 valence electrons. The fourth-order valence-electron chi connectivity index (χ4n) is 3.83. The van der Waals surface area contributed by atoms with E-state index in [9.17, 15) is 9.59 Å². The Kier molecular flexibility index (Phi) is 5.50. The van der Waals surface area contributed by atoms with Gasteiger partial charge in [-0.15, -0.1) is 0 Å². The minimum Gasteiger partial charge on any atom is -0.467 e. The molecule has 1 fully saturated rings. The van der Waals surface area contributed by atoms with Gasteiger partial charge in [0.2, 0.25) is 5.91 Å². The first kappa shape index (κ1) is 20.7. The molecule has 0 saturated carbocycles. The molecule has 2 aromatic heterocycles. The minimum absolute atomic E-state index is 0.139. The zero-order valence-corrected chi connectivity index (χ0v) is 18.3. The van der Waals surface area contributed by atoms with Crippen LogP contribution in [0, 0.1) is 0 Å². The summed E-state index contributed by atoms with van der Waals surface area (Å²) in [6.45, 7) is 0.466. The van der Waals surface area contributed by atoms with Crippen LogP contribution in [0.4, 0.5) is 5.69 Å². The Balaban J connectivity index is 1.41.